The maximum absolute atomic E-state index is 9.21. The summed E-state index contributed by atoms with van der Waals surface area (Å²) < 4.78 is 0. The number of hydrogen-bond acceptors (Lipinski definition) is 3. The van der Waals surface area contributed by atoms with Gasteiger partial charge in [-0.1, -0.05) is 24.3 Å². The molecule has 0 radical (unpaired) electrons. The van der Waals surface area contributed by atoms with Crippen molar-refractivity contribution in [1.82, 2.24) is 4.90 Å². The fraction of sp³-hybridized carbons (Fsp3) is 0.538. The van der Waals surface area contributed by atoms with Crippen molar-refractivity contribution in [3.05, 3.63) is 35.4 Å². The topological polar surface area (TPSA) is 49.5 Å². The van der Waals surface area contributed by atoms with Gasteiger partial charge in [0.25, 0.3) is 0 Å². The summed E-state index contributed by atoms with van der Waals surface area (Å²) in [5.74, 6) is 0. The van der Waals surface area contributed by atoms with Crippen molar-refractivity contribution in [1.29, 1.82) is 0 Å². The second-order valence-electron chi connectivity index (χ2n) is 4.40. The SMILES string of the molecule is CC(O)CCN(C)Cc1cccc(CN)c1. The van der Waals surface area contributed by atoms with Gasteiger partial charge in [0.15, 0.2) is 0 Å². The molecule has 0 aliphatic carbocycles. The summed E-state index contributed by atoms with van der Waals surface area (Å²) in [6.45, 7) is 4.22. The van der Waals surface area contributed by atoms with Crippen LogP contribution in [0.1, 0.15) is 24.5 Å². The highest BCUT2D eigenvalue weighted by Crippen LogP contribution is 2.07. The van der Waals surface area contributed by atoms with Crippen molar-refractivity contribution in [2.24, 2.45) is 5.73 Å². The molecule has 0 saturated heterocycles. The third-order valence-electron chi connectivity index (χ3n) is 2.61. The first-order chi connectivity index (χ1) is 7.61. The van der Waals surface area contributed by atoms with Gasteiger partial charge in [-0.25, -0.2) is 0 Å². The third kappa shape index (κ3) is 4.75. The first kappa shape index (κ1) is 13.2. The normalized spacial score (nSPS) is 13.1. The third-order valence-corrected chi connectivity index (χ3v) is 2.61. The molecule has 1 rings (SSSR count). The van der Waals surface area contributed by atoms with Gasteiger partial charge in [-0.05, 0) is 31.5 Å². The van der Waals surface area contributed by atoms with Crippen LogP contribution in [-0.2, 0) is 13.1 Å². The van der Waals surface area contributed by atoms with Crippen LogP contribution in [-0.4, -0.2) is 29.7 Å². The maximum Gasteiger partial charge on any atom is 0.0524 e. The highest BCUT2D eigenvalue weighted by Gasteiger charge is 2.03. The van der Waals surface area contributed by atoms with E-state index in [1.165, 1.54) is 11.1 Å². The van der Waals surface area contributed by atoms with Crippen LogP contribution < -0.4 is 5.73 Å². The number of nitrogens with zero attached hydrogens (tertiary/aromatic N) is 1. The minimum atomic E-state index is -0.224. The first-order valence-electron chi connectivity index (χ1n) is 5.76. The molecule has 3 heteroatoms. The van der Waals surface area contributed by atoms with Gasteiger partial charge >= 0.3 is 0 Å². The Morgan fingerprint density at radius 2 is 2.06 bits per heavy atom. The average Bonchev–Trinajstić information content (AvgIpc) is 2.26. The molecule has 0 spiro atoms. The van der Waals surface area contributed by atoms with Crippen LogP contribution in [0, 0.1) is 0 Å². The van der Waals surface area contributed by atoms with E-state index in [1.807, 2.05) is 19.1 Å². The molecule has 3 N–H and O–H groups in total. The molecule has 0 amide bonds. The lowest BCUT2D eigenvalue weighted by Gasteiger charge is -2.17. The van der Waals surface area contributed by atoms with E-state index in [0.717, 1.165) is 19.5 Å². The van der Waals surface area contributed by atoms with Crippen LogP contribution in [0.4, 0.5) is 0 Å². The lowest BCUT2D eigenvalue weighted by Crippen LogP contribution is -2.22. The average molecular weight is 222 g/mol. The summed E-state index contributed by atoms with van der Waals surface area (Å²) in [5, 5.41) is 9.21. The largest absolute Gasteiger partial charge is 0.393 e. The molecule has 1 aromatic carbocycles. The smallest absolute Gasteiger partial charge is 0.0524 e. The molecule has 16 heavy (non-hydrogen) atoms. The van der Waals surface area contributed by atoms with Gasteiger partial charge in [-0.15, -0.1) is 0 Å². The Balaban J connectivity index is 2.45. The summed E-state index contributed by atoms with van der Waals surface area (Å²) >= 11 is 0. The second-order valence-corrected chi connectivity index (χ2v) is 4.40. The predicted molar refractivity (Wildman–Crippen MR) is 67.0 cm³/mol. The van der Waals surface area contributed by atoms with E-state index in [2.05, 4.69) is 24.1 Å². The summed E-state index contributed by atoms with van der Waals surface area (Å²) in [6, 6.07) is 8.33. The fourth-order valence-electron chi connectivity index (χ4n) is 1.65. The first-order valence-corrected chi connectivity index (χ1v) is 5.76. The molecule has 1 unspecified atom stereocenters. The maximum atomic E-state index is 9.21. The van der Waals surface area contributed by atoms with Gasteiger partial charge in [0, 0.05) is 19.6 Å². The molecule has 0 fully saturated rings. The molecule has 0 heterocycles. The van der Waals surface area contributed by atoms with E-state index in [-0.39, 0.29) is 6.10 Å². The Labute approximate surface area is 97.9 Å². The van der Waals surface area contributed by atoms with Crippen LogP contribution in [0.2, 0.25) is 0 Å². The summed E-state index contributed by atoms with van der Waals surface area (Å²) in [7, 11) is 2.07. The monoisotopic (exact) mass is 222 g/mol. The Morgan fingerprint density at radius 1 is 1.38 bits per heavy atom. The van der Waals surface area contributed by atoms with Crippen molar-refractivity contribution >= 4 is 0 Å². The Hall–Kier alpha value is -0.900. The van der Waals surface area contributed by atoms with Crippen molar-refractivity contribution in [3.63, 3.8) is 0 Å². The molecule has 0 bridgehead atoms. The second kappa shape index (κ2) is 6.63. The molecule has 3 nitrogen and oxygen atoms in total. The molecule has 0 aliphatic rings. The van der Waals surface area contributed by atoms with Crippen molar-refractivity contribution in [3.8, 4) is 0 Å². The van der Waals surface area contributed by atoms with Crippen LogP contribution in [0.25, 0.3) is 0 Å². The van der Waals surface area contributed by atoms with Crippen LogP contribution in [0.15, 0.2) is 24.3 Å². The molecule has 1 atom stereocenters. The standard InChI is InChI=1S/C13H22N2O/c1-11(16)6-7-15(2)10-13-5-3-4-12(8-13)9-14/h3-5,8,11,16H,6-7,9-10,14H2,1-2H3. The van der Waals surface area contributed by atoms with Crippen LogP contribution in [0.5, 0.6) is 0 Å². The zero-order valence-corrected chi connectivity index (χ0v) is 10.2. The Kier molecular flexibility index (Phi) is 5.46. The van der Waals surface area contributed by atoms with Crippen LogP contribution in [0.3, 0.4) is 0 Å². The van der Waals surface area contributed by atoms with Crippen molar-refractivity contribution in [2.75, 3.05) is 13.6 Å². The number of benzene rings is 1. The minimum Gasteiger partial charge on any atom is -0.393 e. The molecule has 0 aromatic heterocycles. The van der Waals surface area contributed by atoms with Gasteiger partial charge < -0.3 is 15.7 Å². The van der Waals surface area contributed by atoms with E-state index < -0.39 is 0 Å². The van der Waals surface area contributed by atoms with Crippen LogP contribution >= 0.6 is 0 Å². The van der Waals surface area contributed by atoms with Gasteiger partial charge in [0.2, 0.25) is 0 Å². The van der Waals surface area contributed by atoms with E-state index in [4.69, 9.17) is 5.73 Å². The number of nitrogens with two attached hydrogens (primary N) is 1. The molecule has 90 valence electrons. The summed E-state index contributed by atoms with van der Waals surface area (Å²) in [4.78, 5) is 2.21. The van der Waals surface area contributed by atoms with E-state index in [1.54, 1.807) is 0 Å². The van der Waals surface area contributed by atoms with E-state index in [9.17, 15) is 5.11 Å². The number of rotatable bonds is 6. The van der Waals surface area contributed by atoms with Crippen molar-refractivity contribution < 1.29 is 5.11 Å². The number of hydrogen-bond donors (Lipinski definition) is 2. The van der Waals surface area contributed by atoms with Gasteiger partial charge in [0.05, 0.1) is 6.10 Å². The Morgan fingerprint density at radius 3 is 2.69 bits per heavy atom. The zero-order valence-electron chi connectivity index (χ0n) is 10.2. The summed E-state index contributed by atoms with van der Waals surface area (Å²) in [6.07, 6.45) is 0.588. The predicted octanol–water partition coefficient (Wildman–Crippen LogP) is 1.35. The number of aliphatic hydroxyl groups is 1. The summed E-state index contributed by atoms with van der Waals surface area (Å²) in [5.41, 5.74) is 8.04. The quantitative estimate of drug-likeness (QED) is 0.764. The van der Waals surface area contributed by atoms with E-state index in [0.29, 0.717) is 6.54 Å². The lowest BCUT2D eigenvalue weighted by molar-refractivity contribution is 0.163. The highest BCUT2D eigenvalue weighted by atomic mass is 16.3. The lowest BCUT2D eigenvalue weighted by atomic mass is 10.1. The van der Waals surface area contributed by atoms with Gasteiger partial charge in [-0.2, -0.15) is 0 Å². The number of aliphatic hydroxyl groups excluding tert-OH is 1. The van der Waals surface area contributed by atoms with Crippen molar-refractivity contribution in [2.45, 2.75) is 32.5 Å². The molecular weight excluding hydrogens is 200 g/mol. The van der Waals surface area contributed by atoms with Gasteiger partial charge in [-0.3, -0.25) is 0 Å². The zero-order chi connectivity index (χ0) is 12.0. The van der Waals surface area contributed by atoms with Gasteiger partial charge in [0.1, 0.15) is 0 Å². The fourth-order valence-corrected chi connectivity index (χ4v) is 1.65. The highest BCUT2D eigenvalue weighted by molar-refractivity contribution is 5.23. The Bertz CT molecular complexity index is 313. The molecule has 1 aromatic rings. The molecule has 0 aliphatic heterocycles. The molecular formula is C13H22N2O. The van der Waals surface area contributed by atoms with E-state index >= 15 is 0 Å². The minimum absolute atomic E-state index is 0.224. The molecule has 0 saturated carbocycles.